The van der Waals surface area contributed by atoms with Crippen LogP contribution >= 0.6 is 0 Å². The first-order valence-electron chi connectivity index (χ1n) is 9.49. The molecule has 0 amide bonds. The third-order valence-electron chi connectivity index (χ3n) is 4.95. The van der Waals surface area contributed by atoms with Gasteiger partial charge in [-0.3, -0.25) is 4.98 Å². The normalized spacial score (nSPS) is 16.8. The fourth-order valence-corrected chi connectivity index (χ4v) is 3.38. The lowest BCUT2D eigenvalue weighted by molar-refractivity contribution is 0.0257. The average Bonchev–Trinajstić information content (AvgIpc) is 3.22. The maximum absolute atomic E-state index is 13.8. The van der Waals surface area contributed by atoms with Gasteiger partial charge in [0.05, 0.1) is 18.1 Å². The number of hydrogen-bond acceptors (Lipinski definition) is 5. The fraction of sp³-hybridized carbons (Fsp3) is 0.500. The molecule has 0 saturated carbocycles. The molecule has 148 valence electrons. The summed E-state index contributed by atoms with van der Waals surface area (Å²) in [6.45, 7) is 6.66. The van der Waals surface area contributed by atoms with Gasteiger partial charge in [0.1, 0.15) is 11.6 Å². The second-order valence-corrected chi connectivity index (χ2v) is 8.36. The quantitative estimate of drug-likeness (QED) is 0.686. The minimum absolute atomic E-state index is 0.154. The molecule has 0 radical (unpaired) electrons. The van der Waals surface area contributed by atoms with Crippen molar-refractivity contribution in [3.8, 4) is 0 Å². The highest BCUT2D eigenvalue weighted by Crippen LogP contribution is 2.34. The summed E-state index contributed by atoms with van der Waals surface area (Å²) in [5.41, 5.74) is 1.49. The molecule has 28 heavy (non-hydrogen) atoms. The van der Waals surface area contributed by atoms with Crippen LogP contribution in [0.1, 0.15) is 38.6 Å². The Labute approximate surface area is 162 Å². The van der Waals surface area contributed by atoms with Crippen molar-refractivity contribution in [1.82, 2.24) is 24.7 Å². The predicted octanol–water partition coefficient (Wildman–Crippen LogP) is 3.61. The van der Waals surface area contributed by atoms with E-state index in [-0.39, 0.29) is 24.9 Å². The Morgan fingerprint density at radius 1 is 1.18 bits per heavy atom. The summed E-state index contributed by atoms with van der Waals surface area (Å²) in [4.78, 5) is 15.2. The van der Waals surface area contributed by atoms with E-state index in [0.29, 0.717) is 23.8 Å². The molecular weight excluding hydrogens is 362 g/mol. The molecule has 0 atom stereocenters. The van der Waals surface area contributed by atoms with Crippen LogP contribution < -0.4 is 4.90 Å². The van der Waals surface area contributed by atoms with Crippen LogP contribution in [0.2, 0.25) is 0 Å². The Morgan fingerprint density at radius 2 is 2.00 bits per heavy atom. The van der Waals surface area contributed by atoms with E-state index in [1.54, 1.807) is 17.3 Å². The molecule has 4 heterocycles. The zero-order valence-corrected chi connectivity index (χ0v) is 16.4. The minimum Gasteiger partial charge on any atom is -0.350 e. The summed E-state index contributed by atoms with van der Waals surface area (Å²) in [5, 5.41) is 5.20. The van der Waals surface area contributed by atoms with E-state index in [1.165, 1.54) is 0 Å². The minimum atomic E-state index is -2.69. The number of aromatic nitrogens is 5. The summed E-state index contributed by atoms with van der Waals surface area (Å²) in [5.74, 6) is -1.50. The first-order chi connectivity index (χ1) is 13.2. The van der Waals surface area contributed by atoms with Crippen LogP contribution in [0, 0.1) is 0 Å². The van der Waals surface area contributed by atoms with Gasteiger partial charge in [-0.15, -0.1) is 0 Å². The Morgan fingerprint density at radius 3 is 2.64 bits per heavy atom. The molecule has 1 aliphatic heterocycles. The number of hydrogen-bond donors (Lipinski definition) is 0. The van der Waals surface area contributed by atoms with Crippen molar-refractivity contribution in [3.05, 3.63) is 42.1 Å². The molecule has 0 unspecified atom stereocenters. The Bertz CT molecular complexity index is 978. The van der Waals surface area contributed by atoms with Gasteiger partial charge in [-0.25, -0.2) is 23.4 Å². The number of alkyl halides is 2. The zero-order valence-electron chi connectivity index (χ0n) is 16.4. The van der Waals surface area contributed by atoms with Crippen LogP contribution in [0.25, 0.3) is 11.0 Å². The molecular formula is C20H24F2N6. The zero-order chi connectivity index (χ0) is 19.9. The molecule has 0 N–H and O–H groups in total. The number of nitrogens with zero attached hydrogens (tertiary/aromatic N) is 6. The summed E-state index contributed by atoms with van der Waals surface area (Å²) in [7, 11) is 0. The molecule has 3 aromatic rings. The maximum atomic E-state index is 13.8. The number of anilines is 1. The first-order valence-corrected chi connectivity index (χ1v) is 9.49. The fourth-order valence-electron chi connectivity index (χ4n) is 3.38. The highest BCUT2D eigenvalue weighted by Gasteiger charge is 2.40. The lowest BCUT2D eigenvalue weighted by Gasteiger charge is -2.22. The average molecular weight is 386 g/mol. The topological polar surface area (TPSA) is 59.7 Å². The molecule has 0 aliphatic carbocycles. The third-order valence-corrected chi connectivity index (χ3v) is 4.95. The summed E-state index contributed by atoms with van der Waals surface area (Å²) in [6.07, 6.45) is 5.87. The SMILES string of the molecule is CC(C)(C)c1nc(N2CCC(F)(F)C2)c2cnn(CCc3cccnc3)c2n1. The predicted molar refractivity (Wildman–Crippen MR) is 104 cm³/mol. The Balaban J connectivity index is 1.73. The summed E-state index contributed by atoms with van der Waals surface area (Å²) >= 11 is 0. The molecule has 0 aromatic carbocycles. The van der Waals surface area contributed by atoms with Gasteiger partial charge in [0.15, 0.2) is 5.65 Å². The van der Waals surface area contributed by atoms with Gasteiger partial charge in [0.25, 0.3) is 5.92 Å². The smallest absolute Gasteiger partial charge is 0.266 e. The van der Waals surface area contributed by atoms with Crippen molar-refractivity contribution in [3.63, 3.8) is 0 Å². The van der Waals surface area contributed by atoms with E-state index in [9.17, 15) is 8.78 Å². The molecule has 8 heteroatoms. The van der Waals surface area contributed by atoms with Gasteiger partial charge in [0, 0.05) is 37.3 Å². The lowest BCUT2D eigenvalue weighted by Crippen LogP contribution is -2.27. The van der Waals surface area contributed by atoms with E-state index >= 15 is 0 Å². The van der Waals surface area contributed by atoms with E-state index in [1.807, 2.05) is 43.8 Å². The van der Waals surface area contributed by atoms with Crippen LogP contribution in [-0.2, 0) is 18.4 Å². The van der Waals surface area contributed by atoms with Gasteiger partial charge in [-0.05, 0) is 18.1 Å². The van der Waals surface area contributed by atoms with Crippen molar-refractivity contribution in [2.24, 2.45) is 0 Å². The molecule has 0 bridgehead atoms. The van der Waals surface area contributed by atoms with E-state index in [2.05, 4.69) is 15.1 Å². The molecule has 0 spiro atoms. The van der Waals surface area contributed by atoms with Crippen molar-refractivity contribution in [2.75, 3.05) is 18.0 Å². The first kappa shape index (κ1) is 18.7. The molecule has 3 aromatic heterocycles. The number of aryl methyl sites for hydroxylation is 2. The van der Waals surface area contributed by atoms with Gasteiger partial charge in [-0.1, -0.05) is 26.8 Å². The number of pyridine rings is 1. The van der Waals surface area contributed by atoms with Gasteiger partial charge < -0.3 is 4.90 Å². The largest absolute Gasteiger partial charge is 0.350 e. The maximum Gasteiger partial charge on any atom is 0.266 e. The number of rotatable bonds is 4. The third kappa shape index (κ3) is 3.68. The van der Waals surface area contributed by atoms with E-state index in [0.717, 1.165) is 17.4 Å². The lowest BCUT2D eigenvalue weighted by atomic mass is 9.95. The van der Waals surface area contributed by atoms with Crippen LogP contribution in [-0.4, -0.2) is 43.7 Å². The van der Waals surface area contributed by atoms with Crippen LogP contribution in [0.3, 0.4) is 0 Å². The van der Waals surface area contributed by atoms with Crippen molar-refractivity contribution < 1.29 is 8.78 Å². The second-order valence-electron chi connectivity index (χ2n) is 8.36. The molecule has 1 saturated heterocycles. The van der Waals surface area contributed by atoms with Crippen LogP contribution in [0.5, 0.6) is 0 Å². The van der Waals surface area contributed by atoms with Crippen molar-refractivity contribution in [1.29, 1.82) is 0 Å². The molecule has 4 rings (SSSR count). The van der Waals surface area contributed by atoms with Gasteiger partial charge >= 0.3 is 0 Å². The van der Waals surface area contributed by atoms with E-state index < -0.39 is 5.92 Å². The second kappa shape index (κ2) is 6.76. The van der Waals surface area contributed by atoms with Crippen molar-refractivity contribution in [2.45, 2.75) is 51.5 Å². The van der Waals surface area contributed by atoms with Crippen molar-refractivity contribution >= 4 is 16.9 Å². The highest BCUT2D eigenvalue weighted by atomic mass is 19.3. The van der Waals surface area contributed by atoms with E-state index in [4.69, 9.17) is 4.98 Å². The van der Waals surface area contributed by atoms with Gasteiger partial charge in [-0.2, -0.15) is 5.10 Å². The summed E-state index contributed by atoms with van der Waals surface area (Å²) in [6, 6.07) is 3.92. The summed E-state index contributed by atoms with van der Waals surface area (Å²) < 4.78 is 29.5. The number of halogens is 2. The van der Waals surface area contributed by atoms with Gasteiger partial charge in [0.2, 0.25) is 0 Å². The van der Waals surface area contributed by atoms with Crippen LogP contribution in [0.15, 0.2) is 30.7 Å². The van der Waals surface area contributed by atoms with Crippen LogP contribution in [0.4, 0.5) is 14.6 Å². The Kier molecular flexibility index (Phi) is 4.51. The molecule has 1 aliphatic rings. The molecule has 6 nitrogen and oxygen atoms in total. The highest BCUT2D eigenvalue weighted by molar-refractivity contribution is 5.87. The monoisotopic (exact) mass is 386 g/mol. The Hall–Kier alpha value is -2.64. The molecule has 1 fully saturated rings. The standard InChI is InChI=1S/C20H24F2N6/c1-19(2,3)18-25-16(27-10-7-20(21,22)13-27)15-12-24-28(17(15)26-18)9-6-14-5-4-8-23-11-14/h4-5,8,11-12H,6-7,9-10,13H2,1-3H3. The number of fused-ring (bicyclic) bond motifs is 1.